The zero-order valence-electron chi connectivity index (χ0n) is 10.8. The van der Waals surface area contributed by atoms with E-state index in [9.17, 15) is 19.3 Å². The number of halogens is 2. The summed E-state index contributed by atoms with van der Waals surface area (Å²) in [5, 5.41) is 11.0. The molecule has 21 heavy (non-hydrogen) atoms. The van der Waals surface area contributed by atoms with E-state index in [0.717, 1.165) is 6.07 Å². The summed E-state index contributed by atoms with van der Waals surface area (Å²) in [6, 6.07) is 7.77. The van der Waals surface area contributed by atoms with Crippen molar-refractivity contribution in [3.05, 3.63) is 62.9 Å². The first kappa shape index (κ1) is 14.9. The minimum absolute atomic E-state index is 0.0111. The van der Waals surface area contributed by atoms with E-state index in [1.165, 1.54) is 37.3 Å². The molecule has 0 aromatic heterocycles. The minimum Gasteiger partial charge on any atom is -0.448 e. The van der Waals surface area contributed by atoms with Crippen LogP contribution in [0.3, 0.4) is 0 Å². The van der Waals surface area contributed by atoms with Gasteiger partial charge in [0.25, 0.3) is 0 Å². The summed E-state index contributed by atoms with van der Waals surface area (Å²) in [5.41, 5.74) is -0.659. The molecule has 0 aliphatic carbocycles. The second-order valence-electron chi connectivity index (χ2n) is 4.12. The molecule has 5 nitrogen and oxygen atoms in total. The van der Waals surface area contributed by atoms with Crippen molar-refractivity contribution in [2.45, 2.75) is 6.92 Å². The number of hydrogen-bond donors (Lipinski definition) is 0. The van der Waals surface area contributed by atoms with Gasteiger partial charge in [-0.05, 0) is 25.1 Å². The Morgan fingerprint density at radius 3 is 2.57 bits per heavy atom. The molecule has 108 valence electrons. The molecule has 2 aromatic rings. The summed E-state index contributed by atoms with van der Waals surface area (Å²) >= 11 is 5.89. The summed E-state index contributed by atoms with van der Waals surface area (Å²) in [6.07, 6.45) is 0. The third-order valence-electron chi connectivity index (χ3n) is 2.68. The van der Waals surface area contributed by atoms with Crippen LogP contribution in [0.15, 0.2) is 36.4 Å². The van der Waals surface area contributed by atoms with Crippen LogP contribution in [0.4, 0.5) is 10.1 Å². The van der Waals surface area contributed by atoms with Crippen molar-refractivity contribution in [2.75, 3.05) is 0 Å². The molecular weight excluding hydrogens is 301 g/mol. The van der Waals surface area contributed by atoms with Crippen molar-refractivity contribution in [1.82, 2.24) is 0 Å². The topological polar surface area (TPSA) is 69.4 Å². The van der Waals surface area contributed by atoms with E-state index in [1.807, 2.05) is 0 Å². The number of nitrogens with zero attached hydrogens (tertiary/aromatic N) is 1. The normalized spacial score (nSPS) is 10.2. The fourth-order valence-electron chi connectivity index (χ4n) is 1.78. The highest BCUT2D eigenvalue weighted by Gasteiger charge is 2.22. The van der Waals surface area contributed by atoms with Crippen molar-refractivity contribution in [3.63, 3.8) is 0 Å². The highest BCUT2D eigenvalue weighted by Crippen LogP contribution is 2.39. The third-order valence-corrected chi connectivity index (χ3v) is 2.98. The van der Waals surface area contributed by atoms with E-state index in [-0.39, 0.29) is 27.8 Å². The van der Waals surface area contributed by atoms with Gasteiger partial charge in [-0.3, -0.25) is 14.9 Å². The van der Waals surface area contributed by atoms with Crippen LogP contribution in [0.5, 0.6) is 11.5 Å². The second-order valence-corrected chi connectivity index (χ2v) is 4.52. The smallest absolute Gasteiger partial charge is 0.313 e. The van der Waals surface area contributed by atoms with Crippen molar-refractivity contribution < 1.29 is 18.8 Å². The molecule has 0 atom stereocenters. The van der Waals surface area contributed by atoms with Crippen molar-refractivity contribution in [1.29, 1.82) is 0 Å². The summed E-state index contributed by atoms with van der Waals surface area (Å²) in [7, 11) is 0. The van der Waals surface area contributed by atoms with E-state index in [0.29, 0.717) is 0 Å². The van der Waals surface area contributed by atoms with Gasteiger partial charge in [-0.15, -0.1) is 0 Å². The van der Waals surface area contributed by atoms with E-state index in [1.54, 1.807) is 0 Å². The number of para-hydroxylation sites is 1. The fourth-order valence-corrected chi connectivity index (χ4v) is 1.99. The number of Topliss-reactive ketones (excluding diaryl/α,β-unsaturated/α-hetero) is 1. The Morgan fingerprint density at radius 1 is 1.29 bits per heavy atom. The summed E-state index contributed by atoms with van der Waals surface area (Å²) in [5.74, 6) is -1.69. The quantitative estimate of drug-likeness (QED) is 0.477. The Balaban J connectivity index is 2.56. The van der Waals surface area contributed by atoms with Gasteiger partial charge < -0.3 is 4.74 Å². The first-order chi connectivity index (χ1) is 9.91. The van der Waals surface area contributed by atoms with Crippen molar-refractivity contribution in [2.24, 2.45) is 0 Å². The Morgan fingerprint density at radius 2 is 1.95 bits per heavy atom. The molecule has 0 bridgehead atoms. The van der Waals surface area contributed by atoms with Crippen LogP contribution in [-0.2, 0) is 0 Å². The van der Waals surface area contributed by atoms with Gasteiger partial charge in [0.05, 0.1) is 15.5 Å². The number of ether oxygens (including phenoxy) is 1. The van der Waals surface area contributed by atoms with Crippen molar-refractivity contribution >= 4 is 23.1 Å². The first-order valence-electron chi connectivity index (χ1n) is 5.82. The van der Waals surface area contributed by atoms with Gasteiger partial charge in [-0.25, -0.2) is 4.39 Å². The van der Waals surface area contributed by atoms with E-state index in [2.05, 4.69) is 0 Å². The fraction of sp³-hybridized carbons (Fsp3) is 0.0714. The SMILES string of the molecule is CC(=O)c1c(F)cccc1Oc1c(Cl)cccc1[N+](=O)[O-]. The number of ketones is 1. The lowest BCUT2D eigenvalue weighted by Crippen LogP contribution is -2.02. The minimum atomic E-state index is -0.769. The summed E-state index contributed by atoms with van der Waals surface area (Å²) < 4.78 is 19.0. The predicted molar refractivity (Wildman–Crippen MR) is 74.6 cm³/mol. The van der Waals surface area contributed by atoms with E-state index >= 15 is 0 Å². The monoisotopic (exact) mass is 309 g/mol. The Labute approximate surface area is 124 Å². The molecular formula is C14H9ClFNO4. The Bertz CT molecular complexity index is 733. The van der Waals surface area contributed by atoms with Crippen LogP contribution >= 0.6 is 11.6 Å². The van der Waals surface area contributed by atoms with Crippen molar-refractivity contribution in [3.8, 4) is 11.5 Å². The van der Waals surface area contributed by atoms with Crippen LogP contribution in [0.25, 0.3) is 0 Å². The third kappa shape index (κ3) is 3.00. The lowest BCUT2D eigenvalue weighted by atomic mass is 10.1. The van der Waals surface area contributed by atoms with Crippen LogP contribution in [0.1, 0.15) is 17.3 Å². The van der Waals surface area contributed by atoms with E-state index < -0.39 is 16.5 Å². The largest absolute Gasteiger partial charge is 0.448 e. The van der Waals surface area contributed by atoms with Crippen LogP contribution < -0.4 is 4.74 Å². The average Bonchev–Trinajstić information content (AvgIpc) is 2.40. The number of carbonyl (C=O) groups excluding carboxylic acids is 1. The molecule has 0 heterocycles. The number of benzene rings is 2. The van der Waals surface area contributed by atoms with Gasteiger partial charge >= 0.3 is 5.69 Å². The Hall–Kier alpha value is -2.47. The molecule has 7 heteroatoms. The molecule has 0 aliphatic heterocycles. The van der Waals surface area contributed by atoms with Crippen LogP contribution in [-0.4, -0.2) is 10.7 Å². The number of nitro groups is 1. The molecule has 0 radical (unpaired) electrons. The number of carbonyl (C=O) groups is 1. The lowest BCUT2D eigenvalue weighted by Gasteiger charge is -2.11. The molecule has 0 saturated carbocycles. The van der Waals surface area contributed by atoms with Gasteiger partial charge in [0, 0.05) is 6.07 Å². The van der Waals surface area contributed by atoms with Gasteiger partial charge in [-0.1, -0.05) is 23.7 Å². The highest BCUT2D eigenvalue weighted by molar-refractivity contribution is 6.32. The zero-order chi connectivity index (χ0) is 15.6. The maximum Gasteiger partial charge on any atom is 0.313 e. The lowest BCUT2D eigenvalue weighted by molar-refractivity contribution is -0.385. The molecule has 0 fully saturated rings. The molecule has 0 spiro atoms. The molecule has 0 unspecified atom stereocenters. The predicted octanol–water partition coefficient (Wildman–Crippen LogP) is 4.38. The first-order valence-corrected chi connectivity index (χ1v) is 6.20. The van der Waals surface area contributed by atoms with E-state index in [4.69, 9.17) is 16.3 Å². The molecule has 0 saturated heterocycles. The molecule has 0 N–H and O–H groups in total. The number of nitro benzene ring substituents is 1. The maximum absolute atomic E-state index is 13.7. The standard InChI is InChI=1S/C14H9ClFNO4/c1-8(18)13-10(16)5-3-7-12(13)21-14-9(15)4-2-6-11(14)17(19)20/h2-7H,1H3. The Kier molecular flexibility index (Phi) is 4.18. The molecule has 0 amide bonds. The van der Waals surface area contributed by atoms with Crippen LogP contribution in [0.2, 0.25) is 5.02 Å². The highest BCUT2D eigenvalue weighted by atomic mass is 35.5. The second kappa shape index (κ2) is 5.88. The average molecular weight is 310 g/mol. The van der Waals surface area contributed by atoms with Gasteiger partial charge in [0.1, 0.15) is 11.6 Å². The molecule has 2 aromatic carbocycles. The molecule has 0 aliphatic rings. The van der Waals surface area contributed by atoms with Gasteiger partial charge in [0.15, 0.2) is 5.78 Å². The zero-order valence-corrected chi connectivity index (χ0v) is 11.6. The summed E-state index contributed by atoms with van der Waals surface area (Å²) in [4.78, 5) is 21.8. The number of hydrogen-bond acceptors (Lipinski definition) is 4. The van der Waals surface area contributed by atoms with Gasteiger partial charge in [-0.2, -0.15) is 0 Å². The van der Waals surface area contributed by atoms with Gasteiger partial charge in [0.2, 0.25) is 5.75 Å². The molecule has 2 rings (SSSR count). The number of rotatable bonds is 4. The maximum atomic E-state index is 13.7. The summed E-state index contributed by atoms with van der Waals surface area (Å²) in [6.45, 7) is 1.17. The van der Waals surface area contributed by atoms with Crippen LogP contribution in [0, 0.1) is 15.9 Å².